The van der Waals surface area contributed by atoms with Gasteiger partial charge in [0.15, 0.2) is 5.65 Å². The number of carboxylic acids is 1. The molecule has 0 radical (unpaired) electrons. The zero-order valence-corrected chi connectivity index (χ0v) is 13.5. The summed E-state index contributed by atoms with van der Waals surface area (Å²) in [6.07, 6.45) is 3.04. The van der Waals surface area contributed by atoms with Gasteiger partial charge in [0.2, 0.25) is 5.95 Å². The molecular formula is C16H20N6O2. The predicted octanol–water partition coefficient (Wildman–Crippen LogP) is 0.880. The average Bonchev–Trinajstić information content (AvgIpc) is 2.98. The van der Waals surface area contributed by atoms with E-state index >= 15 is 0 Å². The molecule has 2 saturated heterocycles. The lowest BCUT2D eigenvalue weighted by molar-refractivity contribution is -0.137. The molecule has 4 atom stereocenters. The molecule has 0 aromatic carbocycles. The Kier molecular flexibility index (Phi) is 2.81. The molecule has 0 spiro atoms. The van der Waals surface area contributed by atoms with Crippen molar-refractivity contribution in [3.63, 3.8) is 0 Å². The molecule has 1 N–H and O–H groups in total. The zero-order valence-electron chi connectivity index (χ0n) is 13.5. The quantitative estimate of drug-likeness (QED) is 0.891. The van der Waals surface area contributed by atoms with Gasteiger partial charge in [-0.15, -0.1) is 0 Å². The van der Waals surface area contributed by atoms with Crippen LogP contribution in [-0.2, 0) is 4.79 Å². The van der Waals surface area contributed by atoms with E-state index in [1.54, 1.807) is 6.33 Å². The third kappa shape index (κ3) is 1.98. The smallest absolute Gasteiger partial charge is 0.303 e. The molecule has 4 heterocycles. The van der Waals surface area contributed by atoms with Gasteiger partial charge in [0.1, 0.15) is 12.1 Å². The Morgan fingerprint density at radius 1 is 1.38 bits per heavy atom. The summed E-state index contributed by atoms with van der Waals surface area (Å²) in [5, 5.41) is 13.3. The summed E-state index contributed by atoms with van der Waals surface area (Å²) in [7, 11) is 0. The van der Waals surface area contributed by atoms with Gasteiger partial charge < -0.3 is 14.9 Å². The molecule has 24 heavy (non-hydrogen) atoms. The van der Waals surface area contributed by atoms with E-state index < -0.39 is 5.97 Å². The van der Waals surface area contributed by atoms with Crippen molar-refractivity contribution in [2.24, 2.45) is 17.8 Å². The Balaban J connectivity index is 1.41. The lowest BCUT2D eigenvalue weighted by Crippen LogP contribution is -2.47. The van der Waals surface area contributed by atoms with Crippen LogP contribution in [0.5, 0.6) is 0 Å². The van der Waals surface area contributed by atoms with Gasteiger partial charge in [-0.2, -0.15) is 14.6 Å². The highest BCUT2D eigenvalue weighted by Gasteiger charge is 2.56. The Morgan fingerprint density at radius 2 is 2.17 bits per heavy atom. The minimum atomic E-state index is -0.682. The second-order valence-corrected chi connectivity index (χ2v) is 7.27. The van der Waals surface area contributed by atoms with Crippen LogP contribution in [0.4, 0.5) is 11.8 Å². The molecular weight excluding hydrogens is 308 g/mol. The number of rotatable bonds is 4. The summed E-state index contributed by atoms with van der Waals surface area (Å²) in [5.74, 6) is 2.47. The number of fused-ring (bicyclic) bond motifs is 2. The minimum Gasteiger partial charge on any atom is -0.481 e. The molecule has 2 aromatic rings. The summed E-state index contributed by atoms with van der Waals surface area (Å²) in [6.45, 7) is 4.99. The van der Waals surface area contributed by atoms with Crippen molar-refractivity contribution in [2.75, 3.05) is 29.4 Å². The van der Waals surface area contributed by atoms with Crippen LogP contribution >= 0.6 is 0 Å². The van der Waals surface area contributed by atoms with Gasteiger partial charge in [-0.3, -0.25) is 4.79 Å². The fourth-order valence-electron chi connectivity index (χ4n) is 4.30. The average molecular weight is 328 g/mol. The number of hydrogen-bond acceptors (Lipinski definition) is 6. The van der Waals surface area contributed by atoms with Crippen molar-refractivity contribution < 1.29 is 9.90 Å². The maximum absolute atomic E-state index is 10.9. The van der Waals surface area contributed by atoms with Crippen LogP contribution in [0.3, 0.4) is 0 Å². The number of aromatic nitrogens is 4. The van der Waals surface area contributed by atoms with Crippen molar-refractivity contribution >= 4 is 23.4 Å². The molecule has 126 valence electrons. The van der Waals surface area contributed by atoms with Gasteiger partial charge in [-0.1, -0.05) is 0 Å². The molecule has 8 nitrogen and oxygen atoms in total. The van der Waals surface area contributed by atoms with Crippen molar-refractivity contribution in [2.45, 2.75) is 25.8 Å². The predicted molar refractivity (Wildman–Crippen MR) is 87.1 cm³/mol. The van der Waals surface area contributed by atoms with Crippen LogP contribution in [0.2, 0.25) is 0 Å². The molecule has 5 rings (SSSR count). The van der Waals surface area contributed by atoms with Crippen LogP contribution in [0.25, 0.3) is 5.65 Å². The van der Waals surface area contributed by atoms with Crippen molar-refractivity contribution in [1.82, 2.24) is 19.6 Å². The number of hydrogen-bond donors (Lipinski definition) is 1. The number of nitrogens with zero attached hydrogens (tertiary/aromatic N) is 6. The highest BCUT2D eigenvalue weighted by atomic mass is 16.4. The fraction of sp³-hybridized carbons (Fsp3) is 0.625. The standard InChI is InChI=1S/C16H20N6O2/c1-9-2-3-21(9)16-19-14(5-13-17-8-18-22(13)16)20-6-11-10(4-15(23)24)12(11)7-20/h5,8-12H,2-4,6-7H2,1H3,(H,23,24)/t9-,10?,11-,12+/m0/s1. The van der Waals surface area contributed by atoms with E-state index in [0.29, 0.717) is 30.2 Å². The van der Waals surface area contributed by atoms with Gasteiger partial charge >= 0.3 is 5.97 Å². The Hall–Kier alpha value is -2.38. The molecule has 8 heteroatoms. The summed E-state index contributed by atoms with van der Waals surface area (Å²) >= 11 is 0. The Morgan fingerprint density at radius 3 is 2.79 bits per heavy atom. The first-order valence-electron chi connectivity index (χ1n) is 8.56. The number of piperidine rings is 1. The first kappa shape index (κ1) is 14.0. The lowest BCUT2D eigenvalue weighted by Gasteiger charge is -2.39. The van der Waals surface area contributed by atoms with Crippen LogP contribution in [0.15, 0.2) is 12.4 Å². The minimum absolute atomic E-state index is 0.302. The van der Waals surface area contributed by atoms with E-state index in [-0.39, 0.29) is 0 Å². The zero-order chi connectivity index (χ0) is 16.4. The third-order valence-corrected chi connectivity index (χ3v) is 5.92. The Bertz CT molecular complexity index is 808. The normalized spacial score (nSPS) is 31.2. The molecule has 1 unspecified atom stereocenters. The Labute approximate surface area is 139 Å². The molecule has 1 saturated carbocycles. The van der Waals surface area contributed by atoms with Crippen molar-refractivity contribution in [3.05, 3.63) is 12.4 Å². The highest BCUT2D eigenvalue weighted by molar-refractivity contribution is 5.68. The summed E-state index contributed by atoms with van der Waals surface area (Å²) < 4.78 is 1.81. The fourth-order valence-corrected chi connectivity index (χ4v) is 4.30. The third-order valence-electron chi connectivity index (χ3n) is 5.92. The molecule has 0 amide bonds. The number of aliphatic carboxylic acids is 1. The largest absolute Gasteiger partial charge is 0.481 e. The van der Waals surface area contributed by atoms with Crippen LogP contribution < -0.4 is 9.80 Å². The van der Waals surface area contributed by atoms with Gasteiger partial charge in [0, 0.05) is 38.2 Å². The van der Waals surface area contributed by atoms with Gasteiger partial charge in [-0.25, -0.2) is 4.98 Å². The lowest BCUT2D eigenvalue weighted by atomic mass is 10.1. The summed E-state index contributed by atoms with van der Waals surface area (Å²) in [5.41, 5.74) is 0.816. The highest BCUT2D eigenvalue weighted by Crippen LogP contribution is 2.54. The first-order valence-corrected chi connectivity index (χ1v) is 8.56. The van der Waals surface area contributed by atoms with E-state index in [4.69, 9.17) is 10.1 Å². The van der Waals surface area contributed by atoms with Gasteiger partial charge in [0.05, 0.1) is 0 Å². The maximum atomic E-state index is 10.9. The number of carboxylic acid groups (broad SMARTS) is 1. The van der Waals surface area contributed by atoms with Crippen LogP contribution in [0.1, 0.15) is 19.8 Å². The topological polar surface area (TPSA) is 86.9 Å². The number of anilines is 2. The van der Waals surface area contributed by atoms with E-state index in [0.717, 1.165) is 37.0 Å². The van der Waals surface area contributed by atoms with Crippen molar-refractivity contribution in [1.29, 1.82) is 0 Å². The van der Waals surface area contributed by atoms with E-state index in [1.165, 1.54) is 6.42 Å². The van der Waals surface area contributed by atoms with Gasteiger partial charge in [0.25, 0.3) is 0 Å². The molecule has 0 bridgehead atoms. The second kappa shape index (κ2) is 4.81. The molecule has 2 aromatic heterocycles. The van der Waals surface area contributed by atoms with E-state index in [9.17, 15) is 4.79 Å². The molecule has 2 aliphatic heterocycles. The van der Waals surface area contributed by atoms with E-state index in [1.807, 2.05) is 10.6 Å². The summed E-state index contributed by atoms with van der Waals surface area (Å²) in [6, 6.07) is 2.46. The SMILES string of the molecule is C[C@H]1CCN1c1nc(N2C[C@@H]3C(CC(=O)O)[C@@H]3C2)cc2ncnn12. The van der Waals surface area contributed by atoms with Gasteiger partial charge in [-0.05, 0) is 31.1 Å². The second-order valence-electron chi connectivity index (χ2n) is 7.27. The summed E-state index contributed by atoms with van der Waals surface area (Å²) in [4.78, 5) is 24.6. The first-order chi connectivity index (χ1) is 11.6. The molecule has 3 fully saturated rings. The van der Waals surface area contributed by atoms with E-state index in [2.05, 4.69) is 26.8 Å². The van der Waals surface area contributed by atoms with Crippen LogP contribution in [0, 0.1) is 17.8 Å². The maximum Gasteiger partial charge on any atom is 0.303 e. The van der Waals surface area contributed by atoms with Crippen LogP contribution in [-0.4, -0.2) is 56.3 Å². The molecule has 3 aliphatic rings. The molecule has 1 aliphatic carbocycles. The monoisotopic (exact) mass is 328 g/mol. The number of carbonyl (C=O) groups is 1. The van der Waals surface area contributed by atoms with Crippen molar-refractivity contribution in [3.8, 4) is 0 Å².